The summed E-state index contributed by atoms with van der Waals surface area (Å²) in [6.07, 6.45) is 1.95. The number of carboxylic acid groups (broad SMARTS) is 1. The fourth-order valence-electron chi connectivity index (χ4n) is 1.52. The van der Waals surface area contributed by atoms with Crippen molar-refractivity contribution in [1.29, 1.82) is 0 Å². The summed E-state index contributed by atoms with van der Waals surface area (Å²) in [6.45, 7) is 1.88. The van der Waals surface area contributed by atoms with Crippen LogP contribution in [-0.4, -0.2) is 35.0 Å². The molecule has 0 saturated heterocycles. The zero-order valence-electron chi connectivity index (χ0n) is 10.1. The summed E-state index contributed by atoms with van der Waals surface area (Å²) in [7, 11) is 0. The predicted octanol–water partition coefficient (Wildman–Crippen LogP) is 2.63. The molecule has 1 aromatic carbocycles. The molecule has 1 rings (SSSR count). The molecule has 0 bridgehead atoms. The first kappa shape index (κ1) is 15.0. The number of hydrogen-bond acceptors (Lipinski definition) is 3. The zero-order valence-corrected chi connectivity index (χ0v) is 12.5. The number of carboxylic acids is 1. The summed E-state index contributed by atoms with van der Waals surface area (Å²) >= 11 is 4.77. The van der Waals surface area contributed by atoms with Crippen molar-refractivity contribution in [1.82, 2.24) is 5.32 Å². The lowest BCUT2D eigenvalue weighted by Crippen LogP contribution is -2.35. The van der Waals surface area contributed by atoms with Gasteiger partial charge in [-0.1, -0.05) is 6.07 Å². The number of carbonyl (C=O) groups excluding carboxylic acids is 1. The van der Waals surface area contributed by atoms with Crippen LogP contribution in [0, 0.1) is 0 Å². The quantitative estimate of drug-likeness (QED) is 0.870. The molecule has 0 saturated carbocycles. The van der Waals surface area contributed by atoms with Crippen molar-refractivity contribution in [3.05, 3.63) is 33.8 Å². The molecule has 0 aliphatic carbocycles. The van der Waals surface area contributed by atoms with Crippen LogP contribution in [0.25, 0.3) is 0 Å². The van der Waals surface area contributed by atoms with E-state index in [0.29, 0.717) is 4.47 Å². The van der Waals surface area contributed by atoms with Gasteiger partial charge >= 0.3 is 5.97 Å². The third kappa shape index (κ3) is 3.74. The Hall–Kier alpha value is -1.01. The van der Waals surface area contributed by atoms with Crippen LogP contribution in [-0.2, 0) is 0 Å². The van der Waals surface area contributed by atoms with E-state index in [4.69, 9.17) is 5.11 Å². The van der Waals surface area contributed by atoms with E-state index in [-0.39, 0.29) is 23.1 Å². The number of rotatable bonds is 5. The molecular weight excluding hydrogens is 318 g/mol. The second kappa shape index (κ2) is 6.80. The van der Waals surface area contributed by atoms with Gasteiger partial charge in [-0.3, -0.25) is 4.79 Å². The largest absolute Gasteiger partial charge is 0.478 e. The van der Waals surface area contributed by atoms with Gasteiger partial charge in [0.05, 0.1) is 11.1 Å². The van der Waals surface area contributed by atoms with Crippen LogP contribution in [0.4, 0.5) is 0 Å². The molecule has 0 spiro atoms. The topological polar surface area (TPSA) is 66.4 Å². The Labute approximate surface area is 118 Å². The zero-order chi connectivity index (χ0) is 13.7. The Morgan fingerprint density at radius 2 is 2.17 bits per heavy atom. The second-order valence-electron chi connectivity index (χ2n) is 3.80. The van der Waals surface area contributed by atoms with E-state index in [1.165, 1.54) is 6.07 Å². The van der Waals surface area contributed by atoms with Crippen LogP contribution in [0.3, 0.4) is 0 Å². The van der Waals surface area contributed by atoms with E-state index < -0.39 is 5.97 Å². The van der Waals surface area contributed by atoms with E-state index in [0.717, 1.165) is 5.75 Å². The highest BCUT2D eigenvalue weighted by Gasteiger charge is 2.20. The Morgan fingerprint density at radius 1 is 1.50 bits per heavy atom. The lowest BCUT2D eigenvalue weighted by molar-refractivity contribution is 0.0689. The number of amides is 1. The number of thioether (sulfide) groups is 1. The highest BCUT2D eigenvalue weighted by molar-refractivity contribution is 9.10. The van der Waals surface area contributed by atoms with Crippen LogP contribution in [0.5, 0.6) is 0 Å². The summed E-state index contributed by atoms with van der Waals surface area (Å²) < 4.78 is 0.403. The minimum atomic E-state index is -1.12. The van der Waals surface area contributed by atoms with Crippen LogP contribution in [0.15, 0.2) is 22.7 Å². The molecule has 1 atom stereocenters. The van der Waals surface area contributed by atoms with Crippen LogP contribution >= 0.6 is 27.7 Å². The molecule has 0 heterocycles. The van der Waals surface area contributed by atoms with Crippen LogP contribution in [0.2, 0.25) is 0 Å². The van der Waals surface area contributed by atoms with Gasteiger partial charge in [-0.15, -0.1) is 0 Å². The van der Waals surface area contributed by atoms with E-state index >= 15 is 0 Å². The molecule has 0 aromatic heterocycles. The summed E-state index contributed by atoms with van der Waals surface area (Å²) in [5, 5.41) is 11.9. The van der Waals surface area contributed by atoms with E-state index in [9.17, 15) is 9.59 Å². The fourth-order valence-corrected chi connectivity index (χ4v) is 2.64. The first-order chi connectivity index (χ1) is 8.47. The maximum absolute atomic E-state index is 12.0. The average Bonchev–Trinajstić information content (AvgIpc) is 2.28. The molecule has 0 aliphatic heterocycles. The number of halogens is 1. The fraction of sp³-hybridized carbons (Fsp3) is 0.333. The smallest absolute Gasteiger partial charge is 0.337 e. The van der Waals surface area contributed by atoms with Gasteiger partial charge in [0.1, 0.15) is 0 Å². The molecule has 0 fully saturated rings. The first-order valence-electron chi connectivity index (χ1n) is 5.29. The minimum Gasteiger partial charge on any atom is -0.478 e. The Bertz CT molecular complexity index is 465. The number of hydrogen-bond donors (Lipinski definition) is 2. The molecule has 0 radical (unpaired) electrons. The monoisotopic (exact) mass is 331 g/mol. The van der Waals surface area contributed by atoms with Gasteiger partial charge in [0.15, 0.2) is 0 Å². The van der Waals surface area contributed by atoms with Gasteiger partial charge in [-0.2, -0.15) is 11.8 Å². The Morgan fingerprint density at radius 3 is 2.72 bits per heavy atom. The number of nitrogens with one attached hydrogen (secondary N) is 1. The molecule has 1 amide bonds. The summed E-state index contributed by atoms with van der Waals surface area (Å²) in [6, 6.07) is 4.75. The van der Waals surface area contributed by atoms with Gasteiger partial charge < -0.3 is 10.4 Å². The third-order valence-corrected chi connectivity index (χ3v) is 3.76. The standard InChI is InChI=1S/C12H14BrNO3S/c1-7(6-18-2)14-11(15)8-4-3-5-9(13)10(8)12(16)17/h3-5,7H,6H2,1-2H3,(H,14,15)(H,16,17). The van der Waals surface area contributed by atoms with Crippen molar-refractivity contribution < 1.29 is 14.7 Å². The van der Waals surface area contributed by atoms with Crippen molar-refractivity contribution in [2.24, 2.45) is 0 Å². The van der Waals surface area contributed by atoms with Crippen molar-refractivity contribution in [3.8, 4) is 0 Å². The lowest BCUT2D eigenvalue weighted by Gasteiger charge is -2.14. The van der Waals surface area contributed by atoms with Gasteiger partial charge in [0.2, 0.25) is 0 Å². The summed E-state index contributed by atoms with van der Waals surface area (Å²) in [5.74, 6) is -0.706. The van der Waals surface area contributed by atoms with Crippen molar-refractivity contribution in [2.45, 2.75) is 13.0 Å². The Balaban J connectivity index is 2.99. The van der Waals surface area contributed by atoms with Crippen molar-refractivity contribution in [2.75, 3.05) is 12.0 Å². The van der Waals surface area contributed by atoms with E-state index in [1.807, 2.05) is 13.2 Å². The lowest BCUT2D eigenvalue weighted by atomic mass is 10.1. The predicted molar refractivity (Wildman–Crippen MR) is 76.4 cm³/mol. The van der Waals surface area contributed by atoms with Gasteiger partial charge in [-0.25, -0.2) is 4.79 Å². The van der Waals surface area contributed by atoms with Gasteiger partial charge in [0.25, 0.3) is 5.91 Å². The molecule has 0 aliphatic rings. The third-order valence-electron chi connectivity index (χ3n) is 2.27. The van der Waals surface area contributed by atoms with Gasteiger partial charge in [-0.05, 0) is 41.2 Å². The van der Waals surface area contributed by atoms with Crippen molar-refractivity contribution in [3.63, 3.8) is 0 Å². The number of carbonyl (C=O) groups is 2. The van der Waals surface area contributed by atoms with E-state index in [2.05, 4.69) is 21.2 Å². The SMILES string of the molecule is CSCC(C)NC(=O)c1cccc(Br)c1C(=O)O. The normalized spacial score (nSPS) is 11.9. The minimum absolute atomic E-state index is 0.00636. The molecule has 18 heavy (non-hydrogen) atoms. The highest BCUT2D eigenvalue weighted by atomic mass is 79.9. The molecular formula is C12H14BrNO3S. The first-order valence-corrected chi connectivity index (χ1v) is 7.47. The molecule has 1 aromatic rings. The second-order valence-corrected chi connectivity index (χ2v) is 5.56. The summed E-state index contributed by atoms with van der Waals surface area (Å²) in [4.78, 5) is 23.1. The highest BCUT2D eigenvalue weighted by Crippen LogP contribution is 2.20. The Kier molecular flexibility index (Phi) is 5.68. The maximum atomic E-state index is 12.0. The molecule has 98 valence electrons. The summed E-state index contributed by atoms with van der Waals surface area (Å²) in [5.41, 5.74) is 0.163. The molecule has 2 N–H and O–H groups in total. The molecule has 6 heteroatoms. The van der Waals surface area contributed by atoms with E-state index in [1.54, 1.807) is 23.9 Å². The average molecular weight is 332 g/mol. The number of benzene rings is 1. The molecule has 4 nitrogen and oxygen atoms in total. The molecule has 1 unspecified atom stereocenters. The van der Waals surface area contributed by atoms with Gasteiger partial charge in [0, 0.05) is 16.3 Å². The van der Waals surface area contributed by atoms with Crippen LogP contribution < -0.4 is 5.32 Å². The number of aromatic carboxylic acids is 1. The maximum Gasteiger partial charge on any atom is 0.337 e. The van der Waals surface area contributed by atoms with Crippen molar-refractivity contribution >= 4 is 39.6 Å². The van der Waals surface area contributed by atoms with Crippen LogP contribution in [0.1, 0.15) is 27.6 Å².